The van der Waals surface area contributed by atoms with Crippen LogP contribution in [0.15, 0.2) is 66.7 Å². The molecule has 0 aliphatic carbocycles. The molecule has 0 aromatic heterocycles. The first-order chi connectivity index (χ1) is 15.8. The number of hydrogen-bond acceptors (Lipinski definition) is 4. The Balaban J connectivity index is 1.56. The minimum atomic E-state index is 0.261. The van der Waals surface area contributed by atoms with Gasteiger partial charge < -0.3 is 18.9 Å². The summed E-state index contributed by atoms with van der Waals surface area (Å²) in [4.78, 5) is 0. The van der Waals surface area contributed by atoms with Gasteiger partial charge in [-0.25, -0.2) is 0 Å². The number of aryl methyl sites for hydroxylation is 1. The Morgan fingerprint density at radius 2 is 1.38 bits per heavy atom. The van der Waals surface area contributed by atoms with Gasteiger partial charge in [0, 0.05) is 17.4 Å². The largest absolute Gasteiger partial charge is 0.454 e. The summed E-state index contributed by atoms with van der Waals surface area (Å²) in [5, 5.41) is 7.09. The van der Waals surface area contributed by atoms with Gasteiger partial charge in [0.15, 0.2) is 23.0 Å². The Bertz CT molecular complexity index is 1550. The van der Waals surface area contributed by atoms with Gasteiger partial charge in [-0.15, -0.1) is 0 Å². The molecule has 0 atom stereocenters. The summed E-state index contributed by atoms with van der Waals surface area (Å²) in [6.07, 6.45) is 0.792. The summed E-state index contributed by atoms with van der Waals surface area (Å²) in [5.41, 5.74) is 3.63. The van der Waals surface area contributed by atoms with Crippen LogP contribution >= 0.6 is 0 Å². The van der Waals surface area contributed by atoms with E-state index >= 15 is 0 Å². The van der Waals surface area contributed by atoms with Gasteiger partial charge in [-0.05, 0) is 69.2 Å². The quantitative estimate of drug-likeness (QED) is 0.305. The lowest BCUT2D eigenvalue weighted by Crippen LogP contribution is -1.96. The molecule has 0 saturated carbocycles. The van der Waals surface area contributed by atoms with Crippen LogP contribution in [0.3, 0.4) is 0 Å². The smallest absolute Gasteiger partial charge is 0.231 e. The topological polar surface area (TPSA) is 36.9 Å². The maximum atomic E-state index is 5.92. The van der Waals surface area contributed by atoms with E-state index in [4.69, 9.17) is 18.9 Å². The van der Waals surface area contributed by atoms with Gasteiger partial charge in [-0.3, -0.25) is 0 Å². The molecular weight excluding hydrogens is 400 g/mol. The maximum Gasteiger partial charge on any atom is 0.231 e. The third kappa shape index (κ3) is 2.43. The van der Waals surface area contributed by atoms with Crippen molar-refractivity contribution in [2.45, 2.75) is 13.3 Å². The average Bonchev–Trinajstić information content (AvgIpc) is 3.49. The second-order valence-corrected chi connectivity index (χ2v) is 8.42. The zero-order valence-corrected chi connectivity index (χ0v) is 17.6. The minimum Gasteiger partial charge on any atom is -0.454 e. The van der Waals surface area contributed by atoms with E-state index < -0.39 is 0 Å². The van der Waals surface area contributed by atoms with E-state index in [1.165, 1.54) is 43.6 Å². The average molecular weight is 420 g/mol. The molecule has 7 rings (SSSR count). The normalized spacial score (nSPS) is 14.0. The van der Waals surface area contributed by atoms with Crippen molar-refractivity contribution in [1.29, 1.82) is 0 Å². The van der Waals surface area contributed by atoms with E-state index in [0.29, 0.717) is 0 Å². The van der Waals surface area contributed by atoms with Crippen molar-refractivity contribution in [3.8, 4) is 23.0 Å². The van der Waals surface area contributed by atoms with Crippen molar-refractivity contribution in [2.24, 2.45) is 0 Å². The van der Waals surface area contributed by atoms with E-state index in [9.17, 15) is 0 Å². The van der Waals surface area contributed by atoms with Gasteiger partial charge in [0.2, 0.25) is 13.6 Å². The first kappa shape index (κ1) is 17.7. The molecule has 2 aliphatic heterocycles. The van der Waals surface area contributed by atoms with Crippen LogP contribution in [-0.4, -0.2) is 13.6 Å². The van der Waals surface area contributed by atoms with Crippen molar-refractivity contribution in [2.75, 3.05) is 13.6 Å². The monoisotopic (exact) mass is 420 g/mol. The van der Waals surface area contributed by atoms with Crippen LogP contribution in [0.2, 0.25) is 0 Å². The Morgan fingerprint density at radius 1 is 0.625 bits per heavy atom. The van der Waals surface area contributed by atoms with Crippen molar-refractivity contribution in [1.82, 2.24) is 0 Å². The second kappa shape index (κ2) is 6.54. The van der Waals surface area contributed by atoms with E-state index in [0.717, 1.165) is 34.8 Å². The van der Waals surface area contributed by atoms with Crippen LogP contribution in [0.1, 0.15) is 16.7 Å². The molecule has 0 bridgehead atoms. The van der Waals surface area contributed by atoms with E-state index in [-0.39, 0.29) is 13.6 Å². The van der Waals surface area contributed by atoms with Crippen LogP contribution in [-0.2, 0) is 6.42 Å². The number of fused-ring (bicyclic) bond motifs is 8. The first-order valence-electron chi connectivity index (χ1n) is 10.8. The van der Waals surface area contributed by atoms with Gasteiger partial charge in [0.1, 0.15) is 0 Å². The van der Waals surface area contributed by atoms with Crippen molar-refractivity contribution < 1.29 is 18.9 Å². The standard InChI is InChI=1S/C28H20O4/c1-16-11-22-18(9-10-24-27(22)31-14-29-24)20-8-7-19-21(26(16)20)13-25-28(32-15-30-25)23(19)12-17-5-3-2-4-6-17/h2-11,13H,12,14-15H2,1H3. The fraction of sp³-hybridized carbons (Fsp3) is 0.143. The lowest BCUT2D eigenvalue weighted by molar-refractivity contribution is 0.173. The van der Waals surface area contributed by atoms with E-state index in [1.807, 2.05) is 12.1 Å². The fourth-order valence-electron chi connectivity index (χ4n) is 5.20. The van der Waals surface area contributed by atoms with Gasteiger partial charge in [-0.2, -0.15) is 0 Å². The molecule has 4 heteroatoms. The van der Waals surface area contributed by atoms with Crippen LogP contribution in [0, 0.1) is 6.92 Å². The summed E-state index contributed by atoms with van der Waals surface area (Å²) in [6, 6.07) is 23.5. The highest BCUT2D eigenvalue weighted by atomic mass is 16.7. The Labute approximate surface area is 184 Å². The van der Waals surface area contributed by atoms with Gasteiger partial charge >= 0.3 is 0 Å². The summed E-state index contributed by atoms with van der Waals surface area (Å²) >= 11 is 0. The molecule has 0 fully saturated rings. The summed E-state index contributed by atoms with van der Waals surface area (Å²) in [5.74, 6) is 3.33. The highest BCUT2D eigenvalue weighted by molar-refractivity contribution is 6.20. The molecule has 0 spiro atoms. The molecule has 5 aromatic carbocycles. The van der Waals surface area contributed by atoms with Crippen LogP contribution in [0.25, 0.3) is 32.3 Å². The SMILES string of the molecule is Cc1cc2c3c(ccc2c2ccc4c(Cc5ccccc5)c5c(cc4c12)OCO5)OCO3. The zero-order chi connectivity index (χ0) is 21.2. The number of rotatable bonds is 2. The highest BCUT2D eigenvalue weighted by Gasteiger charge is 2.24. The second-order valence-electron chi connectivity index (χ2n) is 8.42. The van der Waals surface area contributed by atoms with E-state index in [2.05, 4.69) is 61.5 Å². The lowest BCUT2D eigenvalue weighted by Gasteiger charge is -2.16. The van der Waals surface area contributed by atoms with Gasteiger partial charge in [0.25, 0.3) is 0 Å². The molecule has 156 valence electrons. The van der Waals surface area contributed by atoms with Crippen molar-refractivity contribution in [3.63, 3.8) is 0 Å². The zero-order valence-electron chi connectivity index (χ0n) is 17.6. The van der Waals surface area contributed by atoms with Crippen molar-refractivity contribution >= 4 is 32.3 Å². The molecule has 4 nitrogen and oxygen atoms in total. The summed E-state index contributed by atoms with van der Waals surface area (Å²) in [7, 11) is 0. The number of benzene rings is 5. The molecular formula is C28H20O4. The first-order valence-corrected chi connectivity index (χ1v) is 10.8. The number of hydrogen-bond donors (Lipinski definition) is 0. The molecule has 32 heavy (non-hydrogen) atoms. The molecule has 5 aromatic rings. The highest BCUT2D eigenvalue weighted by Crippen LogP contribution is 2.47. The predicted octanol–water partition coefficient (Wildman–Crippen LogP) is 6.50. The third-order valence-electron chi connectivity index (χ3n) is 6.61. The van der Waals surface area contributed by atoms with Crippen LogP contribution in [0.5, 0.6) is 23.0 Å². The van der Waals surface area contributed by atoms with E-state index in [1.54, 1.807) is 0 Å². The fourth-order valence-corrected chi connectivity index (χ4v) is 5.20. The Kier molecular flexibility index (Phi) is 3.62. The van der Waals surface area contributed by atoms with Gasteiger partial charge in [0.05, 0.1) is 0 Å². The maximum absolute atomic E-state index is 5.92. The van der Waals surface area contributed by atoms with Crippen LogP contribution < -0.4 is 18.9 Å². The third-order valence-corrected chi connectivity index (χ3v) is 6.61. The van der Waals surface area contributed by atoms with Crippen LogP contribution in [0.4, 0.5) is 0 Å². The lowest BCUT2D eigenvalue weighted by atomic mass is 9.89. The van der Waals surface area contributed by atoms with Gasteiger partial charge in [-0.1, -0.05) is 42.5 Å². The molecule has 0 radical (unpaired) electrons. The Morgan fingerprint density at radius 3 is 2.25 bits per heavy atom. The summed E-state index contributed by atoms with van der Waals surface area (Å²) in [6.45, 7) is 2.70. The molecule has 2 aliphatic rings. The molecule has 2 heterocycles. The molecule has 0 N–H and O–H groups in total. The molecule has 0 saturated heterocycles. The number of ether oxygens (including phenoxy) is 4. The minimum absolute atomic E-state index is 0.261. The molecule has 0 amide bonds. The predicted molar refractivity (Wildman–Crippen MR) is 125 cm³/mol. The Hall–Kier alpha value is -3.92. The van der Waals surface area contributed by atoms with Crippen molar-refractivity contribution in [3.05, 3.63) is 83.4 Å². The molecule has 0 unspecified atom stereocenters. The summed E-state index contributed by atoms with van der Waals surface area (Å²) < 4.78 is 23.2.